The van der Waals surface area contributed by atoms with E-state index in [0.29, 0.717) is 19.6 Å². The number of aromatic nitrogens is 1. The number of carbonyl (C=O) groups excluding carboxylic acids is 1. The molecule has 8 heteroatoms. The van der Waals surface area contributed by atoms with Gasteiger partial charge in [-0.2, -0.15) is 0 Å². The molecular weight excluding hydrogens is 481 g/mol. The van der Waals surface area contributed by atoms with Gasteiger partial charge in [-0.15, -0.1) is 0 Å². The van der Waals surface area contributed by atoms with Crippen molar-refractivity contribution >= 4 is 51.5 Å². The van der Waals surface area contributed by atoms with Gasteiger partial charge in [-0.25, -0.2) is 0 Å². The van der Waals surface area contributed by atoms with Crippen molar-refractivity contribution in [1.82, 2.24) is 14.8 Å². The molecule has 1 saturated heterocycles. The number of nitrogens with zero attached hydrogens (tertiary/aromatic N) is 2. The molecular formula is C25H24Cl3N3O2. The molecule has 172 valence electrons. The Morgan fingerprint density at radius 3 is 2.58 bits per heavy atom. The number of piperidine rings is 1. The standard InChI is InChI=1S/C25H24Cl3N3O2/c26-25(27,28)24(29-22(32)12-18-7-3-6-17-5-1-2-8-20(17)18)30-13-16-11-19(15-30)21-9-4-10-23(33)31(21)14-16/h1-10,16,19,24H,11-15H2,(H,29,32)/t16-,19-,24+/m0/s1. The third kappa shape index (κ3) is 4.65. The van der Waals surface area contributed by atoms with E-state index in [4.69, 9.17) is 34.8 Å². The van der Waals surface area contributed by atoms with Crippen molar-refractivity contribution in [2.45, 2.75) is 35.3 Å². The topological polar surface area (TPSA) is 54.3 Å². The molecule has 3 heterocycles. The number of pyridine rings is 1. The normalized spacial score (nSPS) is 21.4. The van der Waals surface area contributed by atoms with Crippen LogP contribution in [0.4, 0.5) is 0 Å². The molecule has 0 aliphatic carbocycles. The fourth-order valence-electron chi connectivity index (χ4n) is 5.35. The second-order valence-corrected chi connectivity index (χ2v) is 11.3. The number of amides is 1. The van der Waals surface area contributed by atoms with Crippen LogP contribution < -0.4 is 10.9 Å². The van der Waals surface area contributed by atoms with Crippen molar-refractivity contribution in [1.29, 1.82) is 0 Å². The van der Waals surface area contributed by atoms with E-state index >= 15 is 0 Å². The number of hydrogen-bond donors (Lipinski definition) is 1. The van der Waals surface area contributed by atoms with Gasteiger partial charge in [0.1, 0.15) is 6.17 Å². The molecule has 33 heavy (non-hydrogen) atoms. The highest BCUT2D eigenvalue weighted by atomic mass is 35.6. The van der Waals surface area contributed by atoms with Gasteiger partial charge in [-0.05, 0) is 34.7 Å². The van der Waals surface area contributed by atoms with Crippen molar-refractivity contribution in [2.75, 3.05) is 13.1 Å². The van der Waals surface area contributed by atoms with Gasteiger partial charge in [-0.3, -0.25) is 14.5 Å². The van der Waals surface area contributed by atoms with E-state index in [1.54, 1.807) is 12.1 Å². The van der Waals surface area contributed by atoms with Crippen molar-refractivity contribution in [3.8, 4) is 0 Å². The Morgan fingerprint density at radius 2 is 1.76 bits per heavy atom. The summed E-state index contributed by atoms with van der Waals surface area (Å²) in [7, 11) is 0. The summed E-state index contributed by atoms with van der Waals surface area (Å²) in [5.74, 6) is 0.201. The molecule has 2 bridgehead atoms. The number of hydrogen-bond acceptors (Lipinski definition) is 3. The fraction of sp³-hybridized carbons (Fsp3) is 0.360. The fourth-order valence-corrected chi connectivity index (χ4v) is 5.93. The molecule has 5 nitrogen and oxygen atoms in total. The molecule has 1 aromatic heterocycles. The Bertz CT molecular complexity index is 1250. The van der Waals surface area contributed by atoms with Crippen LogP contribution in [0.1, 0.15) is 23.6 Å². The van der Waals surface area contributed by atoms with Crippen molar-refractivity contribution in [3.63, 3.8) is 0 Å². The third-order valence-electron chi connectivity index (χ3n) is 6.71. The number of likely N-dealkylation sites (tertiary alicyclic amines) is 1. The summed E-state index contributed by atoms with van der Waals surface area (Å²) in [6.07, 6.45) is 0.408. The van der Waals surface area contributed by atoms with Gasteiger partial charge in [0.15, 0.2) is 0 Å². The zero-order valence-corrected chi connectivity index (χ0v) is 20.2. The Kier molecular flexibility index (Phi) is 6.17. The quantitative estimate of drug-likeness (QED) is 0.533. The minimum Gasteiger partial charge on any atom is -0.336 e. The van der Waals surface area contributed by atoms with Gasteiger partial charge >= 0.3 is 0 Å². The Morgan fingerprint density at radius 1 is 1.00 bits per heavy atom. The summed E-state index contributed by atoms with van der Waals surface area (Å²) >= 11 is 19.1. The SMILES string of the molecule is O=C(Cc1cccc2ccccc12)N[C@H](N1C[C@@H]2C[C@@H](C1)c1cccc(=O)n1C2)C(Cl)(Cl)Cl. The lowest BCUT2D eigenvalue weighted by Crippen LogP contribution is -2.60. The van der Waals surface area contributed by atoms with Gasteiger partial charge in [0.25, 0.3) is 5.56 Å². The van der Waals surface area contributed by atoms with Gasteiger partial charge < -0.3 is 9.88 Å². The zero-order valence-electron chi connectivity index (χ0n) is 17.9. The summed E-state index contributed by atoms with van der Waals surface area (Å²) in [5.41, 5.74) is 1.96. The van der Waals surface area contributed by atoms with Crippen LogP contribution in [0.15, 0.2) is 65.5 Å². The van der Waals surface area contributed by atoms with Gasteiger partial charge in [0.2, 0.25) is 9.70 Å². The van der Waals surface area contributed by atoms with E-state index in [2.05, 4.69) is 5.32 Å². The molecule has 3 aromatic rings. The average Bonchev–Trinajstić information content (AvgIpc) is 2.78. The van der Waals surface area contributed by atoms with Crippen molar-refractivity contribution in [3.05, 3.63) is 82.3 Å². The molecule has 5 rings (SSSR count). The van der Waals surface area contributed by atoms with E-state index in [9.17, 15) is 9.59 Å². The van der Waals surface area contributed by atoms with Gasteiger partial charge in [0, 0.05) is 37.3 Å². The number of carbonyl (C=O) groups is 1. The summed E-state index contributed by atoms with van der Waals surface area (Å²) in [4.78, 5) is 27.4. The summed E-state index contributed by atoms with van der Waals surface area (Å²) in [6, 6.07) is 19.3. The molecule has 3 atom stereocenters. The van der Waals surface area contributed by atoms with Crippen molar-refractivity contribution < 1.29 is 4.79 Å². The highest BCUT2D eigenvalue weighted by molar-refractivity contribution is 6.68. The number of benzene rings is 2. The van der Waals surface area contributed by atoms with Gasteiger partial charge in [0.05, 0.1) is 6.42 Å². The van der Waals surface area contributed by atoms with Crippen LogP contribution in [0.5, 0.6) is 0 Å². The maximum atomic E-state index is 13.1. The minimum absolute atomic E-state index is 0.0250. The van der Waals surface area contributed by atoms with E-state index in [1.165, 1.54) is 0 Å². The second-order valence-electron chi connectivity index (χ2n) is 8.98. The van der Waals surface area contributed by atoms with E-state index in [1.807, 2.05) is 58.0 Å². The zero-order chi connectivity index (χ0) is 23.2. The first-order valence-corrected chi connectivity index (χ1v) is 12.2. The van der Waals surface area contributed by atoms with Crippen molar-refractivity contribution in [2.24, 2.45) is 5.92 Å². The Balaban J connectivity index is 1.36. The predicted octanol–water partition coefficient (Wildman–Crippen LogP) is 4.48. The van der Waals surface area contributed by atoms with Crippen LogP contribution in [-0.4, -0.2) is 38.4 Å². The van der Waals surface area contributed by atoms with Crippen LogP contribution in [-0.2, 0) is 17.8 Å². The minimum atomic E-state index is -1.70. The van der Waals surface area contributed by atoms with E-state index in [0.717, 1.165) is 28.5 Å². The molecule has 2 aliphatic heterocycles. The smallest absolute Gasteiger partial charge is 0.250 e. The van der Waals surface area contributed by atoms with Crippen LogP contribution in [0, 0.1) is 5.92 Å². The second kappa shape index (κ2) is 8.95. The highest BCUT2D eigenvalue weighted by Crippen LogP contribution is 2.40. The number of alkyl halides is 3. The van der Waals surface area contributed by atoms with Gasteiger partial charge in [-0.1, -0.05) is 83.3 Å². The first-order chi connectivity index (χ1) is 15.8. The molecule has 0 radical (unpaired) electrons. The highest BCUT2D eigenvalue weighted by Gasteiger charge is 2.44. The average molecular weight is 505 g/mol. The molecule has 0 unspecified atom stereocenters. The van der Waals surface area contributed by atoms with E-state index in [-0.39, 0.29) is 29.7 Å². The molecule has 0 spiro atoms. The lowest BCUT2D eigenvalue weighted by molar-refractivity contribution is -0.122. The lowest BCUT2D eigenvalue weighted by Gasteiger charge is -2.47. The summed E-state index contributed by atoms with van der Waals surface area (Å²) in [6.45, 7) is 1.88. The molecule has 0 saturated carbocycles. The first kappa shape index (κ1) is 22.7. The largest absolute Gasteiger partial charge is 0.336 e. The molecule has 2 aliphatic rings. The third-order valence-corrected chi connectivity index (χ3v) is 7.33. The maximum Gasteiger partial charge on any atom is 0.250 e. The van der Waals surface area contributed by atoms with Crippen LogP contribution in [0.2, 0.25) is 0 Å². The molecule has 1 fully saturated rings. The van der Waals surface area contributed by atoms with Crippen LogP contribution in [0.25, 0.3) is 10.8 Å². The summed E-state index contributed by atoms with van der Waals surface area (Å²) < 4.78 is 0.163. The Hall–Kier alpha value is -2.05. The number of halogens is 3. The van der Waals surface area contributed by atoms with E-state index < -0.39 is 9.96 Å². The Labute approximate surface area is 207 Å². The molecule has 1 N–H and O–H groups in total. The number of rotatable bonds is 4. The monoisotopic (exact) mass is 503 g/mol. The summed E-state index contributed by atoms with van der Waals surface area (Å²) in [5, 5.41) is 5.11. The number of nitrogens with one attached hydrogen (secondary N) is 1. The number of fused-ring (bicyclic) bond motifs is 5. The maximum absolute atomic E-state index is 13.1. The molecule has 2 aromatic carbocycles. The first-order valence-electron chi connectivity index (χ1n) is 11.1. The molecule has 1 amide bonds. The lowest BCUT2D eigenvalue weighted by atomic mass is 9.83. The van der Waals surface area contributed by atoms with Crippen LogP contribution in [0.3, 0.4) is 0 Å². The van der Waals surface area contributed by atoms with Crippen LogP contribution >= 0.6 is 34.8 Å². The predicted molar refractivity (Wildman–Crippen MR) is 133 cm³/mol.